The maximum atomic E-state index is 8.45. The van der Waals surface area contributed by atoms with Gasteiger partial charge in [-0.3, -0.25) is 10.5 Å². The topological polar surface area (TPSA) is 58.9 Å². The van der Waals surface area contributed by atoms with E-state index in [2.05, 4.69) is 9.78 Å². The van der Waals surface area contributed by atoms with Crippen LogP contribution in [0.1, 0.15) is 40.0 Å². The molecule has 0 heterocycles. The predicted octanol–water partition coefficient (Wildman–Crippen LogP) is 2.30. The summed E-state index contributed by atoms with van der Waals surface area (Å²) in [7, 11) is 0. The van der Waals surface area contributed by atoms with Crippen molar-refractivity contribution < 1.29 is 20.3 Å². The summed E-state index contributed by atoms with van der Waals surface area (Å²) in [6.07, 6.45) is 1.89. The molecule has 2 N–H and O–H groups in total. The molecule has 0 aromatic carbocycles. The highest BCUT2D eigenvalue weighted by Crippen LogP contribution is 2.18. The lowest BCUT2D eigenvalue weighted by Gasteiger charge is -2.21. The van der Waals surface area contributed by atoms with Crippen LogP contribution in [0.2, 0.25) is 0 Å². The maximum Gasteiger partial charge on any atom is 0.0978 e. The summed E-state index contributed by atoms with van der Waals surface area (Å²) in [6, 6.07) is 0. The Labute approximate surface area is 73.0 Å². The van der Waals surface area contributed by atoms with Crippen molar-refractivity contribution in [3.63, 3.8) is 0 Å². The lowest BCUT2D eigenvalue weighted by molar-refractivity contribution is -0.320. The third kappa shape index (κ3) is 4.66. The van der Waals surface area contributed by atoms with Crippen molar-refractivity contribution in [2.75, 3.05) is 0 Å². The monoisotopic (exact) mass is 178 g/mol. The van der Waals surface area contributed by atoms with Crippen LogP contribution in [0.3, 0.4) is 0 Å². The molecule has 0 aliphatic carbocycles. The van der Waals surface area contributed by atoms with Crippen LogP contribution in [0.5, 0.6) is 0 Å². The van der Waals surface area contributed by atoms with E-state index in [9.17, 15) is 0 Å². The summed E-state index contributed by atoms with van der Waals surface area (Å²) in [4.78, 5) is 8.44. The molecule has 0 bridgehead atoms. The van der Waals surface area contributed by atoms with Crippen molar-refractivity contribution in [1.29, 1.82) is 0 Å². The van der Waals surface area contributed by atoms with Gasteiger partial charge in [0.25, 0.3) is 0 Å². The molecule has 0 aromatic heterocycles. The van der Waals surface area contributed by atoms with Crippen molar-refractivity contribution in [1.82, 2.24) is 0 Å². The molecule has 0 rings (SSSR count). The van der Waals surface area contributed by atoms with Crippen LogP contribution in [0, 0.1) is 0 Å². The average molecular weight is 178 g/mol. The zero-order valence-corrected chi connectivity index (χ0v) is 7.91. The van der Waals surface area contributed by atoms with Crippen molar-refractivity contribution in [3.8, 4) is 0 Å². The molecule has 0 spiro atoms. The highest BCUT2D eigenvalue weighted by molar-refractivity contribution is 4.68. The van der Waals surface area contributed by atoms with Crippen LogP contribution in [-0.4, -0.2) is 22.2 Å². The molecular weight excluding hydrogens is 160 g/mol. The van der Waals surface area contributed by atoms with Gasteiger partial charge in [0.2, 0.25) is 0 Å². The van der Waals surface area contributed by atoms with E-state index in [1.165, 1.54) is 0 Å². The number of rotatable bonds is 6. The Kier molecular flexibility index (Phi) is 5.41. The third-order valence-electron chi connectivity index (χ3n) is 1.92. The second kappa shape index (κ2) is 5.48. The van der Waals surface area contributed by atoms with Crippen LogP contribution in [0.4, 0.5) is 0 Å². The molecule has 74 valence electrons. The van der Waals surface area contributed by atoms with Gasteiger partial charge in [-0.15, -0.1) is 0 Å². The Morgan fingerprint density at radius 1 is 1.33 bits per heavy atom. The van der Waals surface area contributed by atoms with Gasteiger partial charge in [0.05, 0.1) is 11.7 Å². The fraction of sp³-hybridized carbons (Fsp3) is 1.00. The molecule has 1 atom stereocenters. The van der Waals surface area contributed by atoms with Gasteiger partial charge in [-0.05, 0) is 33.1 Å². The fourth-order valence-corrected chi connectivity index (χ4v) is 0.886. The summed E-state index contributed by atoms with van der Waals surface area (Å²) in [5, 5.41) is 16.8. The molecule has 0 radical (unpaired) electrons. The van der Waals surface area contributed by atoms with Gasteiger partial charge >= 0.3 is 0 Å². The van der Waals surface area contributed by atoms with E-state index in [-0.39, 0.29) is 6.10 Å². The lowest BCUT2D eigenvalue weighted by atomic mass is 9.99. The van der Waals surface area contributed by atoms with Crippen LogP contribution in [0.15, 0.2) is 0 Å². The average Bonchev–Trinajstić information content (AvgIpc) is 2.06. The number of hydrogen-bond acceptors (Lipinski definition) is 4. The Morgan fingerprint density at radius 2 is 1.92 bits per heavy atom. The predicted molar refractivity (Wildman–Crippen MR) is 44.8 cm³/mol. The molecule has 12 heavy (non-hydrogen) atoms. The summed E-state index contributed by atoms with van der Waals surface area (Å²) in [5.41, 5.74) is -0.564. The van der Waals surface area contributed by atoms with E-state index >= 15 is 0 Å². The highest BCUT2D eigenvalue weighted by Gasteiger charge is 2.20. The molecule has 0 saturated heterocycles. The zero-order valence-electron chi connectivity index (χ0n) is 7.91. The van der Waals surface area contributed by atoms with Crippen molar-refractivity contribution >= 4 is 0 Å². The lowest BCUT2D eigenvalue weighted by Crippen LogP contribution is -2.25. The van der Waals surface area contributed by atoms with Crippen LogP contribution in [-0.2, 0) is 9.78 Å². The van der Waals surface area contributed by atoms with Crippen LogP contribution >= 0.6 is 0 Å². The van der Waals surface area contributed by atoms with Gasteiger partial charge < -0.3 is 0 Å². The Bertz CT molecular complexity index is 110. The van der Waals surface area contributed by atoms with Crippen LogP contribution in [0.25, 0.3) is 0 Å². The largest absolute Gasteiger partial charge is 0.252 e. The van der Waals surface area contributed by atoms with E-state index < -0.39 is 5.60 Å². The van der Waals surface area contributed by atoms with Gasteiger partial charge in [-0.1, -0.05) is 6.92 Å². The van der Waals surface area contributed by atoms with Crippen LogP contribution < -0.4 is 0 Å². The van der Waals surface area contributed by atoms with Gasteiger partial charge in [0.1, 0.15) is 0 Å². The maximum absolute atomic E-state index is 8.45. The quantitative estimate of drug-likeness (QED) is 0.484. The normalized spacial score (nSPS) is 14.8. The van der Waals surface area contributed by atoms with Gasteiger partial charge in [-0.2, -0.15) is 0 Å². The van der Waals surface area contributed by atoms with E-state index in [0.29, 0.717) is 12.8 Å². The highest BCUT2D eigenvalue weighted by atomic mass is 17.1. The molecule has 0 amide bonds. The smallest absolute Gasteiger partial charge is 0.0978 e. The Balaban J connectivity index is 3.65. The Morgan fingerprint density at radius 3 is 2.25 bits per heavy atom. The van der Waals surface area contributed by atoms with Crippen molar-refractivity contribution in [2.24, 2.45) is 0 Å². The molecule has 0 aliphatic heterocycles. The molecule has 0 aliphatic rings. The van der Waals surface area contributed by atoms with Crippen molar-refractivity contribution in [2.45, 2.75) is 51.7 Å². The van der Waals surface area contributed by atoms with E-state index in [1.54, 1.807) is 13.8 Å². The minimum Gasteiger partial charge on any atom is -0.252 e. The molecule has 0 saturated carbocycles. The fourth-order valence-electron chi connectivity index (χ4n) is 0.886. The zero-order chi connectivity index (χ0) is 9.61. The third-order valence-corrected chi connectivity index (χ3v) is 1.92. The van der Waals surface area contributed by atoms with Gasteiger partial charge in [0, 0.05) is 0 Å². The Hall–Kier alpha value is -0.160. The minimum atomic E-state index is -0.564. The second-order valence-electron chi connectivity index (χ2n) is 3.53. The van der Waals surface area contributed by atoms with Gasteiger partial charge in [0.15, 0.2) is 0 Å². The SMILES string of the molecule is CCC(CCC(C)(C)OO)OO. The minimum absolute atomic E-state index is 0.167. The first kappa shape index (κ1) is 11.8. The van der Waals surface area contributed by atoms with E-state index in [1.807, 2.05) is 6.92 Å². The summed E-state index contributed by atoms with van der Waals surface area (Å²) in [6.45, 7) is 5.47. The molecule has 0 fully saturated rings. The van der Waals surface area contributed by atoms with Gasteiger partial charge in [-0.25, -0.2) is 9.78 Å². The first-order valence-corrected chi connectivity index (χ1v) is 4.18. The molecule has 4 heteroatoms. The number of hydrogen-bond donors (Lipinski definition) is 2. The first-order chi connectivity index (χ1) is 5.55. The molecular formula is C8H18O4. The second-order valence-corrected chi connectivity index (χ2v) is 3.53. The van der Waals surface area contributed by atoms with E-state index in [4.69, 9.17) is 10.5 Å². The molecule has 4 nitrogen and oxygen atoms in total. The molecule has 1 unspecified atom stereocenters. The first-order valence-electron chi connectivity index (χ1n) is 4.18. The summed E-state index contributed by atoms with van der Waals surface area (Å²) >= 11 is 0. The molecule has 0 aromatic rings. The van der Waals surface area contributed by atoms with Crippen molar-refractivity contribution in [3.05, 3.63) is 0 Å². The van der Waals surface area contributed by atoms with E-state index in [0.717, 1.165) is 6.42 Å². The standard InChI is InChI=1S/C8H18O4/c1-4-7(11-9)5-6-8(2,3)12-10/h7,9-10H,4-6H2,1-3H3. The summed E-state index contributed by atoms with van der Waals surface area (Å²) in [5.74, 6) is 0. The summed E-state index contributed by atoms with van der Waals surface area (Å²) < 4.78 is 0.